The first-order chi connectivity index (χ1) is 4.85. The first kappa shape index (κ1) is 10.5. The molecule has 0 saturated heterocycles. The van der Waals surface area contributed by atoms with E-state index in [1.54, 1.807) is 0 Å². The number of hydrogen-bond acceptors (Lipinski definition) is 1. The van der Waals surface area contributed by atoms with Crippen LogP contribution in [0.3, 0.4) is 0 Å². The van der Waals surface area contributed by atoms with Gasteiger partial charge in [-0.15, -0.1) is 23.2 Å². The van der Waals surface area contributed by atoms with Crippen LogP contribution >= 0.6 is 23.2 Å². The lowest BCUT2D eigenvalue weighted by Crippen LogP contribution is -2.26. The summed E-state index contributed by atoms with van der Waals surface area (Å²) in [4.78, 5) is 2.30. The van der Waals surface area contributed by atoms with Gasteiger partial charge in [0.2, 0.25) is 0 Å². The van der Waals surface area contributed by atoms with E-state index >= 15 is 0 Å². The van der Waals surface area contributed by atoms with E-state index in [2.05, 4.69) is 11.8 Å². The van der Waals surface area contributed by atoms with Crippen LogP contribution in [0.5, 0.6) is 0 Å². The highest BCUT2D eigenvalue weighted by Crippen LogP contribution is 1.93. The molecule has 62 valence electrons. The van der Waals surface area contributed by atoms with Crippen molar-refractivity contribution in [3.05, 3.63) is 0 Å². The summed E-state index contributed by atoms with van der Waals surface area (Å²) in [6.07, 6.45) is 1.06. The first-order valence-electron chi connectivity index (χ1n) is 3.69. The molecule has 0 spiro atoms. The molecule has 0 saturated carbocycles. The molecule has 0 aliphatic carbocycles. The average Bonchev–Trinajstić information content (AvgIpc) is 1.98. The standard InChI is InChI=1S/C7H15Cl2N/c1-2-10(7-5-9)6-3-4-8/h2-7H2,1H3. The van der Waals surface area contributed by atoms with Crippen LogP contribution in [0.1, 0.15) is 13.3 Å². The molecule has 0 aromatic rings. The molecule has 0 amide bonds. The maximum atomic E-state index is 5.58. The quantitative estimate of drug-likeness (QED) is 0.572. The molecular formula is C7H15Cl2N. The van der Waals surface area contributed by atoms with Gasteiger partial charge in [-0.3, -0.25) is 0 Å². The first-order valence-corrected chi connectivity index (χ1v) is 4.76. The van der Waals surface area contributed by atoms with Crippen LogP contribution in [-0.2, 0) is 0 Å². The molecule has 0 fully saturated rings. The van der Waals surface area contributed by atoms with E-state index in [9.17, 15) is 0 Å². The van der Waals surface area contributed by atoms with Gasteiger partial charge in [-0.1, -0.05) is 6.92 Å². The Bertz CT molecular complexity index is 68.6. The molecule has 0 unspecified atom stereocenters. The molecule has 3 heteroatoms. The summed E-state index contributed by atoms with van der Waals surface area (Å²) in [6.45, 7) is 5.27. The smallest absolute Gasteiger partial charge is 0.0351 e. The Morgan fingerprint density at radius 3 is 2.20 bits per heavy atom. The molecule has 0 radical (unpaired) electrons. The van der Waals surface area contributed by atoms with Gasteiger partial charge < -0.3 is 4.90 Å². The maximum absolute atomic E-state index is 5.58. The summed E-state index contributed by atoms with van der Waals surface area (Å²) < 4.78 is 0. The van der Waals surface area contributed by atoms with E-state index in [0.717, 1.165) is 37.8 Å². The van der Waals surface area contributed by atoms with Gasteiger partial charge in [-0.05, 0) is 19.5 Å². The van der Waals surface area contributed by atoms with Crippen molar-refractivity contribution in [3.8, 4) is 0 Å². The third-order valence-corrected chi connectivity index (χ3v) is 1.89. The van der Waals surface area contributed by atoms with E-state index in [1.165, 1.54) is 0 Å². The summed E-state index contributed by atoms with van der Waals surface area (Å²) in [5.74, 6) is 1.47. The lowest BCUT2D eigenvalue weighted by Gasteiger charge is -2.17. The van der Waals surface area contributed by atoms with Crippen molar-refractivity contribution in [2.45, 2.75) is 13.3 Å². The summed E-state index contributed by atoms with van der Waals surface area (Å²) in [7, 11) is 0. The van der Waals surface area contributed by atoms with Crippen LogP contribution in [0.2, 0.25) is 0 Å². The van der Waals surface area contributed by atoms with Gasteiger partial charge in [0.25, 0.3) is 0 Å². The Morgan fingerprint density at radius 2 is 1.80 bits per heavy atom. The van der Waals surface area contributed by atoms with Crippen molar-refractivity contribution in [1.82, 2.24) is 4.90 Å². The normalized spacial score (nSPS) is 10.8. The van der Waals surface area contributed by atoms with E-state index in [4.69, 9.17) is 23.2 Å². The largest absolute Gasteiger partial charge is 0.302 e. The zero-order valence-corrected chi connectivity index (χ0v) is 7.96. The molecule has 10 heavy (non-hydrogen) atoms. The molecule has 0 rings (SSSR count). The molecule has 0 heterocycles. The Labute approximate surface area is 73.3 Å². The van der Waals surface area contributed by atoms with Crippen LogP contribution < -0.4 is 0 Å². The highest BCUT2D eigenvalue weighted by Gasteiger charge is 1.98. The molecule has 0 bridgehead atoms. The lowest BCUT2D eigenvalue weighted by atomic mass is 10.4. The predicted octanol–water partition coefficient (Wildman–Crippen LogP) is 2.18. The zero-order valence-electron chi connectivity index (χ0n) is 6.45. The number of alkyl halides is 2. The fourth-order valence-electron chi connectivity index (χ4n) is 0.831. The Balaban J connectivity index is 3.21. The van der Waals surface area contributed by atoms with Gasteiger partial charge >= 0.3 is 0 Å². The molecule has 0 atom stereocenters. The summed E-state index contributed by atoms with van der Waals surface area (Å²) in [5, 5.41) is 0. The van der Waals surface area contributed by atoms with Crippen molar-refractivity contribution in [3.63, 3.8) is 0 Å². The maximum Gasteiger partial charge on any atom is 0.0351 e. The van der Waals surface area contributed by atoms with Crippen molar-refractivity contribution in [2.75, 3.05) is 31.4 Å². The van der Waals surface area contributed by atoms with Crippen molar-refractivity contribution in [2.24, 2.45) is 0 Å². The molecule has 0 N–H and O–H groups in total. The summed E-state index contributed by atoms with van der Waals surface area (Å²) >= 11 is 11.1. The van der Waals surface area contributed by atoms with Gasteiger partial charge in [-0.25, -0.2) is 0 Å². The summed E-state index contributed by atoms with van der Waals surface area (Å²) in [5.41, 5.74) is 0. The van der Waals surface area contributed by atoms with Crippen molar-refractivity contribution >= 4 is 23.2 Å². The van der Waals surface area contributed by atoms with Gasteiger partial charge in [0.1, 0.15) is 0 Å². The van der Waals surface area contributed by atoms with Crippen LogP contribution in [0.15, 0.2) is 0 Å². The fourth-order valence-corrected chi connectivity index (χ4v) is 1.19. The third kappa shape index (κ3) is 5.33. The Kier molecular flexibility index (Phi) is 8.06. The molecule has 0 aliphatic heterocycles. The lowest BCUT2D eigenvalue weighted by molar-refractivity contribution is 0.307. The van der Waals surface area contributed by atoms with E-state index in [-0.39, 0.29) is 0 Å². The Morgan fingerprint density at radius 1 is 1.10 bits per heavy atom. The molecule has 0 aromatic carbocycles. The minimum Gasteiger partial charge on any atom is -0.302 e. The molecule has 0 aromatic heterocycles. The fraction of sp³-hybridized carbons (Fsp3) is 1.00. The van der Waals surface area contributed by atoms with Crippen LogP contribution in [-0.4, -0.2) is 36.3 Å². The van der Waals surface area contributed by atoms with Gasteiger partial charge in [0, 0.05) is 18.3 Å². The number of rotatable bonds is 6. The molecule has 0 aliphatic rings. The minimum absolute atomic E-state index is 0.718. The monoisotopic (exact) mass is 183 g/mol. The number of nitrogens with zero attached hydrogens (tertiary/aromatic N) is 1. The molecule has 1 nitrogen and oxygen atoms in total. The second-order valence-electron chi connectivity index (χ2n) is 2.17. The molecular weight excluding hydrogens is 169 g/mol. The van der Waals surface area contributed by atoms with Gasteiger partial charge in [0.05, 0.1) is 0 Å². The van der Waals surface area contributed by atoms with Crippen LogP contribution in [0, 0.1) is 0 Å². The van der Waals surface area contributed by atoms with E-state index < -0.39 is 0 Å². The number of halogens is 2. The van der Waals surface area contributed by atoms with Gasteiger partial charge in [0.15, 0.2) is 0 Å². The minimum atomic E-state index is 0.718. The van der Waals surface area contributed by atoms with E-state index in [1.807, 2.05) is 0 Å². The van der Waals surface area contributed by atoms with Crippen molar-refractivity contribution in [1.29, 1.82) is 0 Å². The second-order valence-corrected chi connectivity index (χ2v) is 2.92. The highest BCUT2D eigenvalue weighted by atomic mass is 35.5. The summed E-state index contributed by atoms with van der Waals surface area (Å²) in [6, 6.07) is 0. The van der Waals surface area contributed by atoms with Crippen LogP contribution in [0.25, 0.3) is 0 Å². The zero-order chi connectivity index (χ0) is 7.82. The SMILES string of the molecule is CCN(CCCl)CCCCl. The van der Waals surface area contributed by atoms with Crippen molar-refractivity contribution < 1.29 is 0 Å². The van der Waals surface area contributed by atoms with E-state index in [0.29, 0.717) is 0 Å². The third-order valence-electron chi connectivity index (χ3n) is 1.46. The number of hydrogen-bond donors (Lipinski definition) is 0. The second kappa shape index (κ2) is 7.64. The average molecular weight is 184 g/mol. The topological polar surface area (TPSA) is 3.24 Å². The van der Waals surface area contributed by atoms with Crippen LogP contribution in [0.4, 0.5) is 0 Å². The highest BCUT2D eigenvalue weighted by molar-refractivity contribution is 6.18. The Hall–Kier alpha value is 0.540. The van der Waals surface area contributed by atoms with Gasteiger partial charge in [-0.2, -0.15) is 0 Å². The predicted molar refractivity (Wildman–Crippen MR) is 48.2 cm³/mol.